The Morgan fingerprint density at radius 3 is 2.53 bits per heavy atom. The van der Waals surface area contributed by atoms with Crippen LogP contribution in [0.15, 0.2) is 22.7 Å². The molecule has 1 saturated carbocycles. The van der Waals surface area contributed by atoms with Gasteiger partial charge in [0.15, 0.2) is 0 Å². The van der Waals surface area contributed by atoms with E-state index in [1.54, 1.807) is 6.07 Å². The Morgan fingerprint density at radius 2 is 2.00 bits per heavy atom. The van der Waals surface area contributed by atoms with Gasteiger partial charge >= 0.3 is 6.18 Å². The van der Waals surface area contributed by atoms with Crippen LogP contribution in [0.25, 0.3) is 0 Å². The van der Waals surface area contributed by atoms with Crippen molar-refractivity contribution in [2.75, 3.05) is 11.9 Å². The van der Waals surface area contributed by atoms with E-state index in [4.69, 9.17) is 0 Å². The van der Waals surface area contributed by atoms with Crippen molar-refractivity contribution in [1.82, 2.24) is 0 Å². The maximum atomic E-state index is 13.0. The molecule has 1 fully saturated rings. The molecule has 1 aromatic carbocycles. The number of halogens is 4. The maximum Gasteiger partial charge on any atom is 0.418 e. The lowest BCUT2D eigenvalue weighted by atomic mass is 10.0. The Kier molecular flexibility index (Phi) is 4.14. The number of alkyl halides is 3. The molecule has 2 rings (SSSR count). The smallest absolute Gasteiger partial charge is 0.384 e. The van der Waals surface area contributed by atoms with E-state index in [2.05, 4.69) is 28.2 Å². The lowest BCUT2D eigenvalue weighted by molar-refractivity contribution is -0.137. The topological polar surface area (TPSA) is 12.0 Å². The van der Waals surface area contributed by atoms with Crippen molar-refractivity contribution >= 4 is 21.6 Å². The molecule has 1 aliphatic rings. The number of nitrogens with one attached hydrogen (secondary N) is 1. The van der Waals surface area contributed by atoms with Gasteiger partial charge in [-0.2, -0.15) is 13.2 Å². The summed E-state index contributed by atoms with van der Waals surface area (Å²) in [5, 5.41) is 2.99. The Morgan fingerprint density at radius 1 is 1.32 bits per heavy atom. The first-order chi connectivity index (χ1) is 8.86. The van der Waals surface area contributed by atoms with Crippen LogP contribution < -0.4 is 5.32 Å². The summed E-state index contributed by atoms with van der Waals surface area (Å²) in [4.78, 5) is 0. The quantitative estimate of drug-likeness (QED) is 0.753. The van der Waals surface area contributed by atoms with Crippen molar-refractivity contribution < 1.29 is 13.2 Å². The van der Waals surface area contributed by atoms with Crippen molar-refractivity contribution in [3.8, 4) is 0 Å². The molecule has 1 nitrogen and oxygen atoms in total. The predicted molar refractivity (Wildman–Crippen MR) is 74.2 cm³/mol. The minimum Gasteiger partial charge on any atom is -0.384 e. The Hall–Kier alpha value is -0.710. The van der Waals surface area contributed by atoms with Gasteiger partial charge in [-0.25, -0.2) is 0 Å². The van der Waals surface area contributed by atoms with Gasteiger partial charge in [0.1, 0.15) is 0 Å². The average Bonchev–Trinajstić information content (AvgIpc) is 3.07. The maximum absolute atomic E-state index is 13.0. The third kappa shape index (κ3) is 3.65. The molecule has 106 valence electrons. The van der Waals surface area contributed by atoms with E-state index in [1.165, 1.54) is 6.07 Å². The summed E-state index contributed by atoms with van der Waals surface area (Å²) in [6.45, 7) is 2.74. The standard InChI is InChI=1S/C14H17BrF3N/c1-2-5-13(6-7-13)9-19-12-4-3-10(15)8-11(12)14(16,17)18/h3-4,8,19H,2,5-7,9H2,1H3. The molecular formula is C14H17BrF3N. The summed E-state index contributed by atoms with van der Waals surface area (Å²) in [6, 6.07) is 4.26. The van der Waals surface area contributed by atoms with Gasteiger partial charge in [0.25, 0.3) is 0 Å². The molecule has 0 bridgehead atoms. The molecule has 19 heavy (non-hydrogen) atoms. The summed E-state index contributed by atoms with van der Waals surface area (Å²) in [6.07, 6.45) is 0.0665. The van der Waals surface area contributed by atoms with Crippen LogP contribution >= 0.6 is 15.9 Å². The van der Waals surface area contributed by atoms with Crippen LogP contribution in [-0.2, 0) is 6.18 Å². The van der Waals surface area contributed by atoms with E-state index >= 15 is 0 Å². The number of hydrogen-bond donors (Lipinski definition) is 1. The molecule has 0 atom stereocenters. The summed E-state index contributed by atoms with van der Waals surface area (Å²) < 4.78 is 39.3. The van der Waals surface area contributed by atoms with Gasteiger partial charge < -0.3 is 5.32 Å². The molecule has 0 radical (unpaired) electrons. The number of benzene rings is 1. The molecule has 0 aliphatic heterocycles. The molecule has 0 spiro atoms. The molecule has 5 heteroatoms. The van der Waals surface area contributed by atoms with Crippen LogP contribution in [-0.4, -0.2) is 6.54 Å². The zero-order chi connectivity index (χ0) is 14.1. The highest BCUT2D eigenvalue weighted by Crippen LogP contribution is 2.50. The molecule has 1 N–H and O–H groups in total. The van der Waals surface area contributed by atoms with Crippen molar-refractivity contribution in [3.63, 3.8) is 0 Å². The number of hydrogen-bond acceptors (Lipinski definition) is 1. The molecule has 0 unspecified atom stereocenters. The third-order valence-electron chi connectivity index (χ3n) is 3.68. The van der Waals surface area contributed by atoms with Crippen molar-refractivity contribution in [2.24, 2.45) is 5.41 Å². The Balaban J connectivity index is 2.12. The highest BCUT2D eigenvalue weighted by molar-refractivity contribution is 9.10. The molecule has 0 saturated heterocycles. The second kappa shape index (κ2) is 5.35. The highest BCUT2D eigenvalue weighted by atomic mass is 79.9. The fraction of sp³-hybridized carbons (Fsp3) is 0.571. The van der Waals surface area contributed by atoms with Gasteiger partial charge in [0.2, 0.25) is 0 Å². The van der Waals surface area contributed by atoms with E-state index in [9.17, 15) is 13.2 Å². The molecule has 0 heterocycles. The number of anilines is 1. The SMILES string of the molecule is CCCC1(CNc2ccc(Br)cc2C(F)(F)F)CC1. The van der Waals surface area contributed by atoms with Crippen molar-refractivity contribution in [3.05, 3.63) is 28.2 Å². The van der Waals surface area contributed by atoms with Gasteiger partial charge in [-0.15, -0.1) is 0 Å². The summed E-state index contributed by atoms with van der Waals surface area (Å²) in [5.41, 5.74) is -0.197. The molecule has 0 amide bonds. The van der Waals surface area contributed by atoms with E-state index in [1.807, 2.05) is 0 Å². The van der Waals surface area contributed by atoms with Crippen LogP contribution in [0.3, 0.4) is 0 Å². The normalized spacial score (nSPS) is 17.3. The summed E-state index contributed by atoms with van der Waals surface area (Å²) in [7, 11) is 0. The first-order valence-corrected chi connectivity index (χ1v) is 7.26. The first kappa shape index (κ1) is 14.7. The second-order valence-electron chi connectivity index (χ2n) is 5.29. The lowest BCUT2D eigenvalue weighted by Crippen LogP contribution is -2.18. The molecular weight excluding hydrogens is 319 g/mol. The lowest BCUT2D eigenvalue weighted by Gasteiger charge is -2.19. The van der Waals surface area contributed by atoms with Crippen molar-refractivity contribution in [1.29, 1.82) is 0 Å². The van der Waals surface area contributed by atoms with Crippen LogP contribution in [0, 0.1) is 5.41 Å². The minimum atomic E-state index is -4.33. The van der Waals surface area contributed by atoms with Crippen LogP contribution in [0.5, 0.6) is 0 Å². The Bertz CT molecular complexity index is 452. The van der Waals surface area contributed by atoms with Gasteiger partial charge in [-0.1, -0.05) is 29.3 Å². The summed E-state index contributed by atoms with van der Waals surface area (Å²) in [5.74, 6) is 0. The zero-order valence-electron chi connectivity index (χ0n) is 10.8. The third-order valence-corrected chi connectivity index (χ3v) is 4.17. The van der Waals surface area contributed by atoms with Crippen LogP contribution in [0.2, 0.25) is 0 Å². The number of rotatable bonds is 5. The Labute approximate surface area is 119 Å². The molecule has 1 aromatic rings. The van der Waals surface area contributed by atoms with E-state index < -0.39 is 11.7 Å². The van der Waals surface area contributed by atoms with E-state index in [0.29, 0.717) is 11.0 Å². The fourth-order valence-electron chi connectivity index (χ4n) is 2.41. The van der Waals surface area contributed by atoms with E-state index in [-0.39, 0.29) is 11.1 Å². The van der Waals surface area contributed by atoms with Gasteiger partial charge in [-0.05, 0) is 42.9 Å². The zero-order valence-corrected chi connectivity index (χ0v) is 12.4. The first-order valence-electron chi connectivity index (χ1n) is 6.47. The summed E-state index contributed by atoms with van der Waals surface area (Å²) >= 11 is 3.09. The molecule has 0 aromatic heterocycles. The van der Waals surface area contributed by atoms with Crippen LogP contribution in [0.1, 0.15) is 38.2 Å². The van der Waals surface area contributed by atoms with Crippen LogP contribution in [0.4, 0.5) is 18.9 Å². The predicted octanol–water partition coefficient (Wildman–Crippen LogP) is 5.46. The second-order valence-corrected chi connectivity index (χ2v) is 6.21. The average molecular weight is 336 g/mol. The fourth-order valence-corrected chi connectivity index (χ4v) is 2.77. The molecule has 1 aliphatic carbocycles. The monoisotopic (exact) mass is 335 g/mol. The largest absolute Gasteiger partial charge is 0.418 e. The van der Waals surface area contributed by atoms with E-state index in [0.717, 1.165) is 31.7 Å². The van der Waals surface area contributed by atoms with Crippen molar-refractivity contribution in [2.45, 2.75) is 38.8 Å². The highest BCUT2D eigenvalue weighted by Gasteiger charge is 2.42. The van der Waals surface area contributed by atoms with Gasteiger partial charge in [0.05, 0.1) is 5.56 Å². The van der Waals surface area contributed by atoms with Gasteiger partial charge in [0, 0.05) is 16.7 Å². The minimum absolute atomic E-state index is 0.179. The van der Waals surface area contributed by atoms with Gasteiger partial charge in [-0.3, -0.25) is 0 Å².